The van der Waals surface area contributed by atoms with Gasteiger partial charge in [0, 0.05) is 23.4 Å². The second-order valence-corrected chi connectivity index (χ2v) is 5.44. The molecule has 0 saturated heterocycles. The lowest BCUT2D eigenvalue weighted by Gasteiger charge is -2.11. The SMILES string of the molecule is COC1CCC(NC(=O)c2cc(S)cs2)C1. The highest BCUT2D eigenvalue weighted by Gasteiger charge is 2.26. The van der Waals surface area contributed by atoms with E-state index in [2.05, 4.69) is 17.9 Å². The van der Waals surface area contributed by atoms with Crippen molar-refractivity contribution in [2.75, 3.05) is 7.11 Å². The van der Waals surface area contributed by atoms with Crippen LogP contribution in [0, 0.1) is 0 Å². The first-order valence-corrected chi connectivity index (χ1v) is 6.63. The fourth-order valence-corrected chi connectivity index (χ4v) is 3.04. The molecule has 1 aliphatic rings. The fraction of sp³-hybridized carbons (Fsp3) is 0.545. The molecule has 0 aromatic carbocycles. The lowest BCUT2D eigenvalue weighted by Crippen LogP contribution is -2.32. The van der Waals surface area contributed by atoms with Crippen LogP contribution in [0.3, 0.4) is 0 Å². The number of amides is 1. The van der Waals surface area contributed by atoms with Crippen molar-refractivity contribution in [3.8, 4) is 0 Å². The van der Waals surface area contributed by atoms with Gasteiger partial charge in [-0.25, -0.2) is 0 Å². The van der Waals surface area contributed by atoms with E-state index in [1.807, 2.05) is 5.38 Å². The molecule has 16 heavy (non-hydrogen) atoms. The Morgan fingerprint density at radius 3 is 3.00 bits per heavy atom. The van der Waals surface area contributed by atoms with Crippen LogP contribution in [0.25, 0.3) is 0 Å². The van der Waals surface area contributed by atoms with Gasteiger partial charge in [-0.05, 0) is 25.3 Å². The van der Waals surface area contributed by atoms with Gasteiger partial charge < -0.3 is 10.1 Å². The summed E-state index contributed by atoms with van der Waals surface area (Å²) < 4.78 is 5.27. The molecule has 0 spiro atoms. The summed E-state index contributed by atoms with van der Waals surface area (Å²) in [7, 11) is 1.72. The molecule has 88 valence electrons. The summed E-state index contributed by atoms with van der Waals surface area (Å²) in [6, 6.07) is 2.05. The molecular weight excluding hydrogens is 242 g/mol. The normalized spacial score (nSPS) is 24.6. The number of thiophene rings is 1. The first kappa shape index (κ1) is 12.0. The van der Waals surface area contributed by atoms with E-state index in [4.69, 9.17) is 4.74 Å². The largest absolute Gasteiger partial charge is 0.381 e. The van der Waals surface area contributed by atoms with Crippen LogP contribution >= 0.6 is 24.0 Å². The Kier molecular flexibility index (Phi) is 3.89. The Hall–Kier alpha value is -0.520. The van der Waals surface area contributed by atoms with Crippen molar-refractivity contribution >= 4 is 29.9 Å². The third-order valence-corrected chi connectivity index (χ3v) is 4.22. The molecule has 2 atom stereocenters. The summed E-state index contributed by atoms with van der Waals surface area (Å²) >= 11 is 5.62. The lowest BCUT2D eigenvalue weighted by atomic mass is 10.2. The van der Waals surface area contributed by atoms with Crippen molar-refractivity contribution in [1.29, 1.82) is 0 Å². The number of thiol groups is 1. The predicted molar refractivity (Wildman–Crippen MR) is 67.5 cm³/mol. The maximum Gasteiger partial charge on any atom is 0.261 e. The van der Waals surface area contributed by atoms with Crippen molar-refractivity contribution < 1.29 is 9.53 Å². The number of carbonyl (C=O) groups is 1. The third kappa shape index (κ3) is 2.78. The van der Waals surface area contributed by atoms with Gasteiger partial charge in [0.25, 0.3) is 5.91 Å². The maximum absolute atomic E-state index is 11.8. The van der Waals surface area contributed by atoms with Crippen LogP contribution in [0.5, 0.6) is 0 Å². The first-order valence-electron chi connectivity index (χ1n) is 5.30. The molecule has 1 aromatic rings. The van der Waals surface area contributed by atoms with Gasteiger partial charge >= 0.3 is 0 Å². The minimum atomic E-state index is 0.00653. The lowest BCUT2D eigenvalue weighted by molar-refractivity contribution is 0.0918. The number of carbonyl (C=O) groups excluding carboxylic acids is 1. The average Bonchev–Trinajstić information content (AvgIpc) is 2.87. The van der Waals surface area contributed by atoms with Crippen LogP contribution in [0.2, 0.25) is 0 Å². The van der Waals surface area contributed by atoms with E-state index < -0.39 is 0 Å². The molecular formula is C11H15NO2S2. The molecule has 1 amide bonds. The van der Waals surface area contributed by atoms with E-state index in [1.54, 1.807) is 13.2 Å². The highest BCUT2D eigenvalue weighted by Crippen LogP contribution is 2.23. The van der Waals surface area contributed by atoms with Crippen LogP contribution < -0.4 is 5.32 Å². The minimum absolute atomic E-state index is 0.00653. The van der Waals surface area contributed by atoms with Crippen LogP contribution in [0.1, 0.15) is 28.9 Å². The molecule has 1 aromatic heterocycles. The van der Waals surface area contributed by atoms with Gasteiger partial charge in [-0.2, -0.15) is 0 Å². The first-order chi connectivity index (χ1) is 7.69. The Morgan fingerprint density at radius 2 is 2.44 bits per heavy atom. The third-order valence-electron chi connectivity index (χ3n) is 2.86. The second-order valence-electron chi connectivity index (χ2n) is 4.01. The molecule has 2 rings (SSSR count). The van der Waals surface area contributed by atoms with E-state index in [9.17, 15) is 4.79 Å². The molecule has 1 N–H and O–H groups in total. The van der Waals surface area contributed by atoms with Crippen LogP contribution in [-0.4, -0.2) is 25.2 Å². The van der Waals surface area contributed by atoms with E-state index in [0.717, 1.165) is 29.0 Å². The number of nitrogens with one attached hydrogen (secondary N) is 1. The van der Waals surface area contributed by atoms with E-state index >= 15 is 0 Å². The van der Waals surface area contributed by atoms with E-state index in [-0.39, 0.29) is 11.9 Å². The monoisotopic (exact) mass is 257 g/mol. The van der Waals surface area contributed by atoms with Crippen LogP contribution in [0.15, 0.2) is 16.3 Å². The zero-order chi connectivity index (χ0) is 11.5. The Bertz CT molecular complexity index is 378. The van der Waals surface area contributed by atoms with Crippen molar-refractivity contribution in [2.24, 2.45) is 0 Å². The highest BCUT2D eigenvalue weighted by molar-refractivity contribution is 7.80. The van der Waals surface area contributed by atoms with Crippen LogP contribution in [-0.2, 0) is 4.74 Å². The van der Waals surface area contributed by atoms with Gasteiger partial charge in [0.2, 0.25) is 0 Å². The van der Waals surface area contributed by atoms with Gasteiger partial charge in [-0.1, -0.05) is 0 Å². The van der Waals surface area contributed by atoms with Crippen molar-refractivity contribution in [3.63, 3.8) is 0 Å². The molecule has 5 heteroatoms. The van der Waals surface area contributed by atoms with Gasteiger partial charge in [0.1, 0.15) is 0 Å². The Balaban J connectivity index is 1.89. The minimum Gasteiger partial charge on any atom is -0.381 e. The van der Waals surface area contributed by atoms with Gasteiger partial charge in [-0.3, -0.25) is 4.79 Å². The molecule has 1 fully saturated rings. The van der Waals surface area contributed by atoms with E-state index in [0.29, 0.717) is 6.10 Å². The van der Waals surface area contributed by atoms with Crippen LogP contribution in [0.4, 0.5) is 0 Å². The topological polar surface area (TPSA) is 38.3 Å². The molecule has 1 heterocycles. The van der Waals surface area contributed by atoms with Crippen molar-refractivity contribution in [2.45, 2.75) is 36.3 Å². The molecule has 2 unspecified atom stereocenters. The van der Waals surface area contributed by atoms with Gasteiger partial charge in [0.15, 0.2) is 0 Å². The summed E-state index contributed by atoms with van der Waals surface area (Å²) in [5, 5.41) is 4.90. The molecule has 3 nitrogen and oxygen atoms in total. The molecule has 1 saturated carbocycles. The molecule has 0 bridgehead atoms. The van der Waals surface area contributed by atoms with E-state index in [1.165, 1.54) is 11.3 Å². The zero-order valence-electron chi connectivity index (χ0n) is 9.10. The molecule has 1 aliphatic carbocycles. The van der Waals surface area contributed by atoms with Crippen molar-refractivity contribution in [1.82, 2.24) is 5.32 Å². The average molecular weight is 257 g/mol. The predicted octanol–water partition coefficient (Wildman–Crippen LogP) is 2.33. The summed E-state index contributed by atoms with van der Waals surface area (Å²) in [5.41, 5.74) is 0. The Labute approximate surface area is 105 Å². The fourth-order valence-electron chi connectivity index (χ4n) is 1.99. The standard InChI is InChI=1S/C11H15NO2S2/c1-14-8-3-2-7(4-8)12-11(13)10-5-9(15)6-16-10/h5-8,15H,2-4H2,1H3,(H,12,13). The summed E-state index contributed by atoms with van der Waals surface area (Å²) in [4.78, 5) is 13.4. The highest BCUT2D eigenvalue weighted by atomic mass is 32.1. The maximum atomic E-state index is 11.8. The number of rotatable bonds is 3. The zero-order valence-corrected chi connectivity index (χ0v) is 10.8. The molecule has 0 radical (unpaired) electrons. The number of hydrogen-bond donors (Lipinski definition) is 2. The number of methoxy groups -OCH3 is 1. The second kappa shape index (κ2) is 5.21. The quantitative estimate of drug-likeness (QED) is 0.816. The summed E-state index contributed by atoms with van der Waals surface area (Å²) in [6.45, 7) is 0. The van der Waals surface area contributed by atoms with Crippen molar-refractivity contribution in [3.05, 3.63) is 16.3 Å². The summed E-state index contributed by atoms with van der Waals surface area (Å²) in [5.74, 6) is 0.00653. The number of hydrogen-bond acceptors (Lipinski definition) is 4. The molecule has 0 aliphatic heterocycles. The summed E-state index contributed by atoms with van der Waals surface area (Å²) in [6.07, 6.45) is 3.25. The number of ether oxygens (including phenoxy) is 1. The van der Waals surface area contributed by atoms with Gasteiger partial charge in [-0.15, -0.1) is 24.0 Å². The Morgan fingerprint density at radius 1 is 1.62 bits per heavy atom. The van der Waals surface area contributed by atoms with Gasteiger partial charge in [0.05, 0.1) is 11.0 Å². The smallest absolute Gasteiger partial charge is 0.261 e.